The number of nitrogens with one attached hydrogen (secondary N) is 1. The third-order valence-corrected chi connectivity index (χ3v) is 3.80. The Balaban J connectivity index is 1.94. The molecular formula is C11H21N3. The first-order chi connectivity index (χ1) is 6.62. The van der Waals surface area contributed by atoms with Crippen molar-refractivity contribution in [1.29, 1.82) is 5.41 Å². The maximum Gasteiger partial charge on any atom is 0.0981 e. The lowest BCUT2D eigenvalue weighted by Crippen LogP contribution is -2.52. The Morgan fingerprint density at radius 3 is 2.43 bits per heavy atom. The first-order valence-electron chi connectivity index (χ1n) is 5.69. The maximum atomic E-state index is 7.73. The van der Waals surface area contributed by atoms with E-state index in [1.54, 1.807) is 0 Å². The Bertz CT molecular complexity index is 225. The first kappa shape index (κ1) is 9.97. The van der Waals surface area contributed by atoms with Crippen molar-refractivity contribution in [1.82, 2.24) is 4.90 Å². The van der Waals surface area contributed by atoms with E-state index in [4.69, 9.17) is 11.1 Å². The van der Waals surface area contributed by atoms with Gasteiger partial charge in [0, 0.05) is 25.0 Å². The fraction of sp³-hybridized carbons (Fsp3) is 0.909. The number of hydrogen-bond acceptors (Lipinski definition) is 2. The SMILES string of the molecule is CC1CN(CC2(C(=N)N)CCCC2)C1. The lowest BCUT2D eigenvalue weighted by Gasteiger charge is -2.43. The topological polar surface area (TPSA) is 53.1 Å². The Morgan fingerprint density at radius 2 is 2.00 bits per heavy atom. The minimum atomic E-state index is 0.0418. The molecule has 0 aromatic rings. The van der Waals surface area contributed by atoms with Crippen LogP contribution in [0.25, 0.3) is 0 Å². The number of nitrogens with two attached hydrogens (primary N) is 1. The third kappa shape index (κ3) is 1.65. The minimum Gasteiger partial charge on any atom is -0.387 e. The van der Waals surface area contributed by atoms with E-state index in [0.717, 1.165) is 25.3 Å². The smallest absolute Gasteiger partial charge is 0.0981 e. The second-order valence-corrected chi connectivity index (χ2v) is 5.20. The third-order valence-electron chi connectivity index (χ3n) is 3.80. The molecule has 0 bridgehead atoms. The van der Waals surface area contributed by atoms with Crippen molar-refractivity contribution in [2.24, 2.45) is 17.1 Å². The van der Waals surface area contributed by atoms with Crippen LogP contribution in [0, 0.1) is 16.7 Å². The van der Waals surface area contributed by atoms with Gasteiger partial charge in [0.25, 0.3) is 0 Å². The van der Waals surface area contributed by atoms with Crippen molar-refractivity contribution in [2.75, 3.05) is 19.6 Å². The Kier molecular flexibility index (Phi) is 2.52. The summed E-state index contributed by atoms with van der Waals surface area (Å²) in [4.78, 5) is 2.46. The Hall–Kier alpha value is -0.570. The number of nitrogens with zero attached hydrogens (tertiary/aromatic N) is 1. The molecule has 3 N–H and O–H groups in total. The first-order valence-corrected chi connectivity index (χ1v) is 5.69. The zero-order valence-corrected chi connectivity index (χ0v) is 9.05. The summed E-state index contributed by atoms with van der Waals surface area (Å²) in [5.41, 5.74) is 5.79. The second-order valence-electron chi connectivity index (χ2n) is 5.20. The summed E-state index contributed by atoms with van der Waals surface area (Å²) < 4.78 is 0. The van der Waals surface area contributed by atoms with Gasteiger partial charge in [-0.05, 0) is 18.8 Å². The van der Waals surface area contributed by atoms with Crippen LogP contribution in [0.4, 0.5) is 0 Å². The van der Waals surface area contributed by atoms with Gasteiger partial charge in [0.1, 0.15) is 0 Å². The predicted molar refractivity (Wildman–Crippen MR) is 58.4 cm³/mol. The molecule has 1 aliphatic carbocycles. The fourth-order valence-electron chi connectivity index (χ4n) is 2.95. The number of rotatable bonds is 3. The largest absolute Gasteiger partial charge is 0.387 e. The van der Waals surface area contributed by atoms with Crippen molar-refractivity contribution >= 4 is 5.84 Å². The van der Waals surface area contributed by atoms with Crippen LogP contribution in [0.15, 0.2) is 0 Å². The van der Waals surface area contributed by atoms with Gasteiger partial charge < -0.3 is 10.6 Å². The van der Waals surface area contributed by atoms with Gasteiger partial charge in [-0.15, -0.1) is 0 Å². The summed E-state index contributed by atoms with van der Waals surface area (Å²) >= 11 is 0. The van der Waals surface area contributed by atoms with Gasteiger partial charge in [0.15, 0.2) is 0 Å². The van der Waals surface area contributed by atoms with Crippen molar-refractivity contribution in [2.45, 2.75) is 32.6 Å². The quantitative estimate of drug-likeness (QED) is 0.529. The molecule has 3 heteroatoms. The Labute approximate surface area is 86.2 Å². The molecule has 0 atom stereocenters. The van der Waals surface area contributed by atoms with Gasteiger partial charge in [-0.3, -0.25) is 5.41 Å². The van der Waals surface area contributed by atoms with Crippen LogP contribution in [-0.2, 0) is 0 Å². The lowest BCUT2D eigenvalue weighted by atomic mass is 9.82. The molecule has 0 amide bonds. The van der Waals surface area contributed by atoms with Crippen molar-refractivity contribution in [3.63, 3.8) is 0 Å². The van der Waals surface area contributed by atoms with E-state index in [1.807, 2.05) is 0 Å². The van der Waals surface area contributed by atoms with Crippen LogP contribution in [-0.4, -0.2) is 30.4 Å². The van der Waals surface area contributed by atoms with Crippen molar-refractivity contribution < 1.29 is 0 Å². The van der Waals surface area contributed by atoms with Crippen molar-refractivity contribution in [3.8, 4) is 0 Å². The van der Waals surface area contributed by atoms with E-state index in [9.17, 15) is 0 Å². The molecule has 0 aromatic carbocycles. The minimum absolute atomic E-state index is 0.0418. The molecule has 2 fully saturated rings. The lowest BCUT2D eigenvalue weighted by molar-refractivity contribution is 0.0785. The van der Waals surface area contributed by atoms with Crippen LogP contribution in [0.3, 0.4) is 0 Å². The van der Waals surface area contributed by atoms with Gasteiger partial charge in [-0.25, -0.2) is 0 Å². The number of likely N-dealkylation sites (tertiary alicyclic amines) is 1. The molecular weight excluding hydrogens is 174 g/mol. The number of amidine groups is 1. The van der Waals surface area contributed by atoms with E-state index < -0.39 is 0 Å². The zero-order valence-electron chi connectivity index (χ0n) is 9.05. The van der Waals surface area contributed by atoms with Crippen LogP contribution < -0.4 is 5.73 Å². The summed E-state index contributed by atoms with van der Waals surface area (Å²) in [7, 11) is 0. The Morgan fingerprint density at radius 1 is 1.43 bits per heavy atom. The molecule has 3 nitrogen and oxygen atoms in total. The van der Waals surface area contributed by atoms with Crippen molar-refractivity contribution in [3.05, 3.63) is 0 Å². The van der Waals surface area contributed by atoms with Crippen LogP contribution in [0.2, 0.25) is 0 Å². The predicted octanol–water partition coefficient (Wildman–Crippen LogP) is 1.43. The zero-order chi connectivity index (χ0) is 10.2. The molecule has 0 aromatic heterocycles. The molecule has 1 heterocycles. The van der Waals surface area contributed by atoms with E-state index in [0.29, 0.717) is 5.84 Å². The molecule has 80 valence electrons. The highest BCUT2D eigenvalue weighted by atomic mass is 15.2. The molecule has 2 rings (SSSR count). The maximum absolute atomic E-state index is 7.73. The van der Waals surface area contributed by atoms with Gasteiger partial charge >= 0.3 is 0 Å². The molecule has 0 spiro atoms. The average Bonchev–Trinajstić information content (AvgIpc) is 2.51. The average molecular weight is 195 g/mol. The van der Waals surface area contributed by atoms with Crippen LogP contribution >= 0.6 is 0 Å². The van der Waals surface area contributed by atoms with Crippen LogP contribution in [0.1, 0.15) is 32.6 Å². The van der Waals surface area contributed by atoms with Gasteiger partial charge in [-0.1, -0.05) is 19.8 Å². The van der Waals surface area contributed by atoms with E-state index in [2.05, 4.69) is 11.8 Å². The van der Waals surface area contributed by atoms with Gasteiger partial charge in [0.05, 0.1) is 5.84 Å². The fourth-order valence-corrected chi connectivity index (χ4v) is 2.95. The standard InChI is InChI=1S/C11H21N3/c1-9-6-14(7-9)8-11(10(12)13)4-2-3-5-11/h9H,2-8H2,1H3,(H3,12,13). The van der Waals surface area contributed by atoms with Gasteiger partial charge in [0.2, 0.25) is 0 Å². The summed E-state index contributed by atoms with van der Waals surface area (Å²) in [6, 6.07) is 0. The van der Waals surface area contributed by atoms with Gasteiger partial charge in [-0.2, -0.15) is 0 Å². The molecule has 0 radical (unpaired) electrons. The number of hydrogen-bond donors (Lipinski definition) is 2. The molecule has 1 saturated carbocycles. The highest BCUT2D eigenvalue weighted by Gasteiger charge is 2.40. The summed E-state index contributed by atoms with van der Waals surface area (Å²) in [6.07, 6.45) is 4.77. The monoisotopic (exact) mass is 195 g/mol. The molecule has 2 aliphatic rings. The van der Waals surface area contributed by atoms with E-state index >= 15 is 0 Å². The normalized spacial score (nSPS) is 27.5. The highest BCUT2D eigenvalue weighted by Crippen LogP contribution is 2.39. The van der Waals surface area contributed by atoms with E-state index in [1.165, 1.54) is 25.9 Å². The molecule has 0 unspecified atom stereocenters. The molecule has 1 saturated heterocycles. The molecule has 14 heavy (non-hydrogen) atoms. The highest BCUT2D eigenvalue weighted by molar-refractivity contribution is 5.84. The summed E-state index contributed by atoms with van der Waals surface area (Å²) in [5.74, 6) is 1.27. The summed E-state index contributed by atoms with van der Waals surface area (Å²) in [5, 5.41) is 7.73. The molecule has 1 aliphatic heterocycles. The summed E-state index contributed by atoms with van der Waals surface area (Å²) in [6.45, 7) is 5.72. The van der Waals surface area contributed by atoms with Crippen LogP contribution in [0.5, 0.6) is 0 Å². The second kappa shape index (κ2) is 3.54. The van der Waals surface area contributed by atoms with E-state index in [-0.39, 0.29) is 5.41 Å².